The first-order valence-electron chi connectivity index (χ1n) is 7.84. The second-order valence-electron chi connectivity index (χ2n) is 6.70. The van der Waals surface area contributed by atoms with Crippen molar-refractivity contribution in [2.24, 2.45) is 5.41 Å². The number of allylic oxidation sites excluding steroid dienone is 1. The number of hydrogen-bond donors (Lipinski definition) is 0. The zero-order chi connectivity index (χ0) is 13.6. The topological polar surface area (TPSA) is 20.3 Å². The summed E-state index contributed by atoms with van der Waals surface area (Å²) in [5, 5.41) is 0. The molecule has 1 aromatic rings. The molecule has 1 saturated carbocycles. The molecule has 2 aliphatic heterocycles. The van der Waals surface area contributed by atoms with Gasteiger partial charge in [0.1, 0.15) is 0 Å². The summed E-state index contributed by atoms with van der Waals surface area (Å²) in [7, 11) is 0. The lowest BCUT2D eigenvalue weighted by Crippen LogP contribution is -2.30. The lowest BCUT2D eigenvalue weighted by Gasteiger charge is -2.33. The van der Waals surface area contributed by atoms with Crippen LogP contribution >= 0.6 is 0 Å². The van der Waals surface area contributed by atoms with Crippen molar-refractivity contribution in [1.82, 2.24) is 4.90 Å². The molecule has 1 aliphatic carbocycles. The number of fused-ring (bicyclic) bond motifs is 1. The molecule has 104 valence electrons. The van der Waals surface area contributed by atoms with Crippen molar-refractivity contribution in [2.75, 3.05) is 13.1 Å². The smallest absolute Gasteiger partial charge is 0.184 e. The van der Waals surface area contributed by atoms with Crippen LogP contribution in [0.5, 0.6) is 0 Å². The van der Waals surface area contributed by atoms with Crippen LogP contribution in [0.3, 0.4) is 0 Å². The van der Waals surface area contributed by atoms with Crippen LogP contribution in [0.25, 0.3) is 5.57 Å². The zero-order valence-corrected chi connectivity index (χ0v) is 11.9. The zero-order valence-electron chi connectivity index (χ0n) is 11.9. The minimum atomic E-state index is 0.317. The number of rotatable bonds is 1. The molecule has 0 radical (unpaired) electrons. The van der Waals surface area contributed by atoms with E-state index >= 15 is 0 Å². The summed E-state index contributed by atoms with van der Waals surface area (Å²) in [6.45, 7) is 1.73. The van der Waals surface area contributed by atoms with E-state index in [1.54, 1.807) is 0 Å². The number of hydrogen-bond acceptors (Lipinski definition) is 2. The fourth-order valence-electron chi connectivity index (χ4n) is 4.40. The van der Waals surface area contributed by atoms with Crippen LogP contribution in [-0.2, 0) is 4.79 Å². The Hall–Kier alpha value is -1.57. The first-order valence-corrected chi connectivity index (χ1v) is 7.84. The standard InChI is InChI=1S/C18H21NO/c20-16-12-19-13-18(9-5-2-6-10-18)11-15(19)17(16)14-7-3-1-4-8-14/h1,3-4,7-8H,2,5-6,9-13H2. The molecular formula is C18H21NO. The van der Waals surface area contributed by atoms with Gasteiger partial charge in [0.15, 0.2) is 5.78 Å². The maximum atomic E-state index is 12.4. The molecule has 3 aliphatic rings. The van der Waals surface area contributed by atoms with Crippen LogP contribution in [0, 0.1) is 5.41 Å². The number of carbonyl (C=O) groups is 1. The minimum absolute atomic E-state index is 0.317. The number of carbonyl (C=O) groups excluding carboxylic acids is 1. The Morgan fingerprint density at radius 3 is 2.50 bits per heavy atom. The highest BCUT2D eigenvalue weighted by Gasteiger charge is 2.46. The highest BCUT2D eigenvalue weighted by atomic mass is 16.1. The summed E-state index contributed by atoms with van der Waals surface area (Å²) in [6, 6.07) is 10.2. The molecular weight excluding hydrogens is 246 g/mol. The number of benzene rings is 1. The van der Waals surface area contributed by atoms with E-state index in [9.17, 15) is 4.79 Å². The van der Waals surface area contributed by atoms with Crippen LogP contribution in [0.1, 0.15) is 44.1 Å². The quantitative estimate of drug-likeness (QED) is 0.774. The van der Waals surface area contributed by atoms with Crippen molar-refractivity contribution < 1.29 is 4.79 Å². The second kappa shape index (κ2) is 4.47. The minimum Gasteiger partial charge on any atom is -0.366 e. The lowest BCUT2D eigenvalue weighted by molar-refractivity contribution is -0.113. The summed E-state index contributed by atoms with van der Waals surface area (Å²) >= 11 is 0. The SMILES string of the molecule is O=C1CN2CC3(CCCCC3)CC2=C1c1ccccc1. The molecule has 0 N–H and O–H groups in total. The lowest BCUT2D eigenvalue weighted by atomic mass is 9.72. The van der Waals surface area contributed by atoms with E-state index in [1.807, 2.05) is 18.2 Å². The number of ketones is 1. The fraction of sp³-hybridized carbons (Fsp3) is 0.500. The van der Waals surface area contributed by atoms with E-state index in [0.29, 0.717) is 17.7 Å². The molecule has 2 heteroatoms. The Kier molecular flexibility index (Phi) is 2.73. The van der Waals surface area contributed by atoms with E-state index in [2.05, 4.69) is 17.0 Å². The van der Waals surface area contributed by atoms with Gasteiger partial charge in [-0.15, -0.1) is 0 Å². The molecule has 0 amide bonds. The van der Waals surface area contributed by atoms with Crippen LogP contribution in [0.15, 0.2) is 36.0 Å². The number of nitrogens with zero attached hydrogens (tertiary/aromatic N) is 1. The fourth-order valence-corrected chi connectivity index (χ4v) is 4.40. The molecule has 1 spiro atoms. The van der Waals surface area contributed by atoms with Gasteiger partial charge in [-0.2, -0.15) is 0 Å². The summed E-state index contributed by atoms with van der Waals surface area (Å²) in [5.74, 6) is 0.317. The van der Waals surface area contributed by atoms with Crippen molar-refractivity contribution >= 4 is 11.4 Å². The third-order valence-corrected chi connectivity index (χ3v) is 5.33. The largest absolute Gasteiger partial charge is 0.366 e. The number of Topliss-reactive ketones (excluding diaryl/α,β-unsaturated/α-hetero) is 1. The summed E-state index contributed by atoms with van der Waals surface area (Å²) in [5.41, 5.74) is 3.94. The average Bonchev–Trinajstić information content (AvgIpc) is 2.93. The van der Waals surface area contributed by atoms with Crippen LogP contribution in [-0.4, -0.2) is 23.8 Å². The maximum absolute atomic E-state index is 12.4. The Balaban J connectivity index is 1.73. The molecule has 2 fully saturated rings. The third-order valence-electron chi connectivity index (χ3n) is 5.33. The molecule has 0 bridgehead atoms. The van der Waals surface area contributed by atoms with Gasteiger partial charge in [0.25, 0.3) is 0 Å². The summed E-state index contributed by atoms with van der Waals surface area (Å²) in [4.78, 5) is 14.7. The van der Waals surface area contributed by atoms with E-state index in [0.717, 1.165) is 24.1 Å². The van der Waals surface area contributed by atoms with Gasteiger partial charge in [0.2, 0.25) is 0 Å². The molecule has 0 unspecified atom stereocenters. The van der Waals surface area contributed by atoms with Crippen molar-refractivity contribution in [3.05, 3.63) is 41.6 Å². The molecule has 20 heavy (non-hydrogen) atoms. The average molecular weight is 267 g/mol. The van der Waals surface area contributed by atoms with Crippen LogP contribution in [0.2, 0.25) is 0 Å². The second-order valence-corrected chi connectivity index (χ2v) is 6.70. The third kappa shape index (κ3) is 1.81. The van der Waals surface area contributed by atoms with Gasteiger partial charge in [-0.25, -0.2) is 0 Å². The summed E-state index contributed by atoms with van der Waals surface area (Å²) < 4.78 is 0. The van der Waals surface area contributed by atoms with E-state index in [1.165, 1.54) is 37.8 Å². The maximum Gasteiger partial charge on any atom is 0.184 e. The van der Waals surface area contributed by atoms with Crippen molar-refractivity contribution in [3.8, 4) is 0 Å². The van der Waals surface area contributed by atoms with Gasteiger partial charge in [-0.3, -0.25) is 4.79 Å². The van der Waals surface area contributed by atoms with Gasteiger partial charge in [0, 0.05) is 17.8 Å². The normalized spacial score (nSPS) is 24.6. The van der Waals surface area contributed by atoms with Crippen molar-refractivity contribution in [2.45, 2.75) is 38.5 Å². The molecule has 1 saturated heterocycles. The highest BCUT2D eigenvalue weighted by Crippen LogP contribution is 2.51. The first-order chi connectivity index (χ1) is 9.77. The monoisotopic (exact) mass is 267 g/mol. The Morgan fingerprint density at radius 2 is 1.75 bits per heavy atom. The van der Waals surface area contributed by atoms with Crippen molar-refractivity contribution in [3.63, 3.8) is 0 Å². The van der Waals surface area contributed by atoms with Gasteiger partial charge in [-0.1, -0.05) is 49.6 Å². The predicted octanol–water partition coefficient (Wildman–Crippen LogP) is 3.64. The molecule has 2 nitrogen and oxygen atoms in total. The molecule has 2 heterocycles. The molecule has 4 rings (SSSR count). The molecule has 0 aromatic heterocycles. The van der Waals surface area contributed by atoms with Crippen molar-refractivity contribution in [1.29, 1.82) is 0 Å². The van der Waals surface area contributed by atoms with Gasteiger partial charge in [-0.05, 0) is 30.2 Å². The Bertz CT molecular complexity index is 566. The van der Waals surface area contributed by atoms with Gasteiger partial charge < -0.3 is 4.90 Å². The summed E-state index contributed by atoms with van der Waals surface area (Å²) in [6.07, 6.45) is 7.96. The molecule has 0 atom stereocenters. The van der Waals surface area contributed by atoms with E-state index in [-0.39, 0.29) is 0 Å². The van der Waals surface area contributed by atoms with Gasteiger partial charge in [0.05, 0.1) is 6.54 Å². The van der Waals surface area contributed by atoms with Gasteiger partial charge >= 0.3 is 0 Å². The van der Waals surface area contributed by atoms with E-state index in [4.69, 9.17) is 0 Å². The highest BCUT2D eigenvalue weighted by molar-refractivity contribution is 6.24. The van der Waals surface area contributed by atoms with Crippen LogP contribution in [0.4, 0.5) is 0 Å². The van der Waals surface area contributed by atoms with E-state index < -0.39 is 0 Å². The predicted molar refractivity (Wildman–Crippen MR) is 80.1 cm³/mol. The Morgan fingerprint density at radius 1 is 1.00 bits per heavy atom. The first kappa shape index (κ1) is 12.2. The Labute approximate surface area is 120 Å². The van der Waals surface area contributed by atoms with Crippen LogP contribution < -0.4 is 0 Å². The molecule has 1 aromatic carbocycles.